The fourth-order valence-corrected chi connectivity index (χ4v) is 5.86. The summed E-state index contributed by atoms with van der Waals surface area (Å²) >= 11 is 0. The first kappa shape index (κ1) is 55.8. The minimum Gasteiger partial charge on any atom is -0.462 e. The lowest BCUT2D eigenvalue weighted by atomic mass is 10.1. The van der Waals surface area contributed by atoms with Crippen LogP contribution in [-0.2, 0) is 28.6 Å². The summed E-state index contributed by atoms with van der Waals surface area (Å²) in [7, 11) is 0. The molecular weight excluding hydrogens is 745 g/mol. The van der Waals surface area contributed by atoms with Gasteiger partial charge in [-0.25, -0.2) is 0 Å². The van der Waals surface area contributed by atoms with E-state index in [2.05, 4.69) is 81.5 Å². The lowest BCUT2D eigenvalue weighted by Crippen LogP contribution is -2.30. The maximum atomic E-state index is 12.8. The van der Waals surface area contributed by atoms with E-state index in [4.69, 9.17) is 14.2 Å². The summed E-state index contributed by atoms with van der Waals surface area (Å²) in [5, 5.41) is 0. The van der Waals surface area contributed by atoms with E-state index in [1.165, 1.54) is 32.1 Å². The Labute approximate surface area is 367 Å². The molecule has 0 rings (SSSR count). The van der Waals surface area contributed by atoms with Crippen LogP contribution in [0.15, 0.2) is 122 Å². The predicted molar refractivity (Wildman–Crippen MR) is 256 cm³/mol. The molecule has 0 saturated heterocycles. The molecule has 0 radical (unpaired) electrons. The zero-order chi connectivity index (χ0) is 43.7. The minimum absolute atomic E-state index is 0.108. The van der Waals surface area contributed by atoms with Crippen molar-refractivity contribution in [3.05, 3.63) is 122 Å². The molecule has 0 saturated carbocycles. The Bertz CT molecular complexity index is 1320. The molecule has 0 aromatic carbocycles. The molecular formula is C54H84O6. The SMILES string of the molecule is CC\C=C/C=C\C=C/C=C\C=C\C=C/CCCCCC(=O)OCC(COC(=O)CCCCCC/C=C\CCCC)OC(=O)CCCCCCCCC\C=C/C=C\C=C/CC. The van der Waals surface area contributed by atoms with Crippen molar-refractivity contribution < 1.29 is 28.6 Å². The van der Waals surface area contributed by atoms with Crippen LogP contribution in [0, 0.1) is 0 Å². The summed E-state index contributed by atoms with van der Waals surface area (Å²) in [5.41, 5.74) is 0. The first-order valence-corrected chi connectivity index (χ1v) is 23.7. The lowest BCUT2D eigenvalue weighted by molar-refractivity contribution is -0.167. The van der Waals surface area contributed by atoms with Gasteiger partial charge in [0.25, 0.3) is 0 Å². The van der Waals surface area contributed by atoms with E-state index in [-0.39, 0.29) is 31.1 Å². The highest BCUT2D eigenvalue weighted by Gasteiger charge is 2.19. The minimum atomic E-state index is -0.809. The van der Waals surface area contributed by atoms with Crippen LogP contribution in [0.1, 0.15) is 181 Å². The van der Waals surface area contributed by atoms with Crippen molar-refractivity contribution in [1.82, 2.24) is 0 Å². The summed E-state index contributed by atoms with van der Waals surface area (Å²) in [6, 6.07) is 0. The van der Waals surface area contributed by atoms with Gasteiger partial charge in [0.05, 0.1) is 0 Å². The van der Waals surface area contributed by atoms with Gasteiger partial charge in [-0.05, 0) is 77.0 Å². The average Bonchev–Trinajstić information content (AvgIpc) is 3.24. The number of carbonyl (C=O) groups excluding carboxylic acids is 3. The van der Waals surface area contributed by atoms with Crippen molar-refractivity contribution in [2.45, 2.75) is 187 Å². The number of allylic oxidation sites excluding steroid dienone is 20. The van der Waals surface area contributed by atoms with Gasteiger partial charge >= 0.3 is 17.9 Å². The first-order chi connectivity index (χ1) is 29.5. The quantitative estimate of drug-likeness (QED) is 0.0201. The summed E-state index contributed by atoms with van der Waals surface area (Å²) in [6.07, 6.45) is 64.6. The number of unbranched alkanes of at least 4 members (excludes halogenated alkanes) is 16. The van der Waals surface area contributed by atoms with E-state index in [0.29, 0.717) is 19.3 Å². The fraction of sp³-hybridized carbons (Fsp3) is 0.574. The molecule has 336 valence electrons. The molecule has 0 amide bonds. The molecule has 60 heavy (non-hydrogen) atoms. The molecule has 0 fully saturated rings. The molecule has 0 aliphatic carbocycles. The molecule has 6 heteroatoms. The van der Waals surface area contributed by atoms with Crippen LogP contribution in [0.5, 0.6) is 0 Å². The average molecular weight is 829 g/mol. The summed E-state index contributed by atoms with van der Waals surface area (Å²) in [6.45, 7) is 6.23. The molecule has 0 bridgehead atoms. The van der Waals surface area contributed by atoms with Gasteiger partial charge in [-0.2, -0.15) is 0 Å². The molecule has 0 aliphatic heterocycles. The zero-order valence-electron chi connectivity index (χ0n) is 38.2. The van der Waals surface area contributed by atoms with Crippen LogP contribution < -0.4 is 0 Å². The van der Waals surface area contributed by atoms with Crippen LogP contribution in [-0.4, -0.2) is 37.2 Å². The Hall–Kier alpha value is -4.19. The van der Waals surface area contributed by atoms with Gasteiger partial charge in [-0.3, -0.25) is 14.4 Å². The highest BCUT2D eigenvalue weighted by molar-refractivity contribution is 5.71. The Balaban J connectivity index is 4.52. The topological polar surface area (TPSA) is 78.9 Å². The summed E-state index contributed by atoms with van der Waals surface area (Å²) in [4.78, 5) is 37.8. The molecule has 0 N–H and O–H groups in total. The van der Waals surface area contributed by atoms with E-state index in [1.54, 1.807) is 0 Å². The Morgan fingerprint density at radius 3 is 1.08 bits per heavy atom. The van der Waals surface area contributed by atoms with Crippen molar-refractivity contribution in [2.75, 3.05) is 13.2 Å². The van der Waals surface area contributed by atoms with Crippen molar-refractivity contribution in [1.29, 1.82) is 0 Å². The number of ether oxygens (including phenoxy) is 3. The third-order valence-electron chi connectivity index (χ3n) is 9.40. The fourth-order valence-electron chi connectivity index (χ4n) is 5.86. The number of hydrogen-bond acceptors (Lipinski definition) is 6. The second-order valence-electron chi connectivity index (χ2n) is 15.1. The van der Waals surface area contributed by atoms with Crippen LogP contribution in [0.2, 0.25) is 0 Å². The van der Waals surface area contributed by atoms with Gasteiger partial charge in [0.1, 0.15) is 13.2 Å². The zero-order valence-corrected chi connectivity index (χ0v) is 38.2. The van der Waals surface area contributed by atoms with E-state index in [0.717, 1.165) is 109 Å². The normalized spacial score (nSPS) is 13.2. The highest BCUT2D eigenvalue weighted by atomic mass is 16.6. The third-order valence-corrected chi connectivity index (χ3v) is 9.40. The number of rotatable bonds is 40. The second-order valence-corrected chi connectivity index (χ2v) is 15.1. The molecule has 0 spiro atoms. The molecule has 1 unspecified atom stereocenters. The number of hydrogen-bond donors (Lipinski definition) is 0. The second kappa shape index (κ2) is 47.5. The van der Waals surface area contributed by atoms with E-state index >= 15 is 0 Å². The van der Waals surface area contributed by atoms with Crippen molar-refractivity contribution in [2.24, 2.45) is 0 Å². The van der Waals surface area contributed by atoms with E-state index < -0.39 is 6.10 Å². The molecule has 0 aromatic rings. The third kappa shape index (κ3) is 44.9. The van der Waals surface area contributed by atoms with Gasteiger partial charge in [0.15, 0.2) is 6.10 Å². The van der Waals surface area contributed by atoms with Gasteiger partial charge in [0, 0.05) is 19.3 Å². The maximum Gasteiger partial charge on any atom is 0.306 e. The predicted octanol–water partition coefficient (Wildman–Crippen LogP) is 15.4. The van der Waals surface area contributed by atoms with Crippen molar-refractivity contribution in [3.8, 4) is 0 Å². The number of carbonyl (C=O) groups is 3. The van der Waals surface area contributed by atoms with Crippen LogP contribution in [0.3, 0.4) is 0 Å². The molecule has 0 aliphatic rings. The first-order valence-electron chi connectivity index (χ1n) is 23.7. The monoisotopic (exact) mass is 829 g/mol. The molecule has 0 aromatic heterocycles. The summed E-state index contributed by atoms with van der Waals surface area (Å²) in [5.74, 6) is -0.990. The Kier molecular flexibility index (Phi) is 44.2. The van der Waals surface area contributed by atoms with Crippen LogP contribution >= 0.6 is 0 Å². The Morgan fingerprint density at radius 1 is 0.350 bits per heavy atom. The van der Waals surface area contributed by atoms with E-state index in [9.17, 15) is 14.4 Å². The van der Waals surface area contributed by atoms with Crippen LogP contribution in [0.4, 0.5) is 0 Å². The van der Waals surface area contributed by atoms with Crippen molar-refractivity contribution >= 4 is 17.9 Å². The van der Waals surface area contributed by atoms with Gasteiger partial charge in [-0.1, -0.05) is 206 Å². The number of esters is 3. The van der Waals surface area contributed by atoms with Gasteiger partial charge in [-0.15, -0.1) is 0 Å². The highest BCUT2D eigenvalue weighted by Crippen LogP contribution is 2.13. The van der Waals surface area contributed by atoms with Crippen LogP contribution in [0.25, 0.3) is 0 Å². The van der Waals surface area contributed by atoms with Crippen molar-refractivity contribution in [3.63, 3.8) is 0 Å². The van der Waals surface area contributed by atoms with Gasteiger partial charge < -0.3 is 14.2 Å². The largest absolute Gasteiger partial charge is 0.462 e. The standard InChI is InChI=1S/C54H84O6/c1-4-7-10-13-16-19-22-24-26-27-29-30-32-35-38-41-44-47-53(56)59-50-51(49-58-52(55)46-43-40-37-34-21-18-15-12-9-6-3)60-54(57)48-45-42-39-36-33-31-28-25-23-20-17-14-11-8-5-2/h7-8,10-11,13-20,22-24,26-27,29-30,32,51H,4-6,9,12,21,25,28,31,33-50H2,1-3H3/b10-7-,11-8-,16-13-,17-14-,18-15-,22-19-,23-20-,26-24-,29-27+,32-30-. The van der Waals surface area contributed by atoms with Gasteiger partial charge in [0.2, 0.25) is 0 Å². The maximum absolute atomic E-state index is 12.8. The summed E-state index contributed by atoms with van der Waals surface area (Å²) < 4.78 is 16.7. The molecule has 1 atom stereocenters. The smallest absolute Gasteiger partial charge is 0.306 e. The lowest BCUT2D eigenvalue weighted by Gasteiger charge is -2.18. The Morgan fingerprint density at radius 2 is 0.667 bits per heavy atom. The van der Waals surface area contributed by atoms with E-state index in [1.807, 2.05) is 60.8 Å². The molecule has 0 heterocycles. The molecule has 6 nitrogen and oxygen atoms in total.